The molecule has 162 valence electrons. The molecule has 1 fully saturated rings. The fourth-order valence-corrected chi connectivity index (χ4v) is 3.75. The lowest BCUT2D eigenvalue weighted by Crippen LogP contribution is -2.36. The normalized spacial score (nSPS) is 16.5. The molecular weight excluding hydrogens is 388 g/mol. The molecule has 1 aliphatic rings. The van der Waals surface area contributed by atoms with E-state index in [1.807, 2.05) is 30.5 Å². The van der Waals surface area contributed by atoms with Crippen molar-refractivity contribution in [1.82, 2.24) is 15.6 Å². The third-order valence-corrected chi connectivity index (χ3v) is 5.58. The Labute approximate surface area is 183 Å². The first-order valence-corrected chi connectivity index (χ1v) is 10.8. The van der Waals surface area contributed by atoms with Crippen molar-refractivity contribution in [2.24, 2.45) is 10.9 Å². The van der Waals surface area contributed by atoms with Crippen LogP contribution in [-0.2, 0) is 17.8 Å². The summed E-state index contributed by atoms with van der Waals surface area (Å²) < 4.78 is 11.6. The van der Waals surface area contributed by atoms with Gasteiger partial charge in [-0.05, 0) is 42.7 Å². The molecule has 0 bridgehead atoms. The average molecular weight is 419 g/mol. The van der Waals surface area contributed by atoms with E-state index in [1.165, 1.54) is 11.1 Å². The zero-order chi connectivity index (χ0) is 21.5. The number of nitrogens with one attached hydrogen (secondary N) is 2. The van der Waals surface area contributed by atoms with Crippen LogP contribution >= 0.6 is 0 Å². The standard InChI is InChI=1S/C25H30N4O2/c1-18-7-8-21(24(13-18)31-17-19-10-12-30-16-19)15-29-25(26-2)28-14-20-9-11-27-23-6-4-3-5-22(20)23/h3-9,11,13,19H,10,12,14-17H2,1-2H3,(H2,26,28,29). The van der Waals surface area contributed by atoms with Crippen LogP contribution in [0.4, 0.5) is 0 Å². The highest BCUT2D eigenvalue weighted by Gasteiger charge is 2.17. The molecule has 1 saturated heterocycles. The Morgan fingerprint density at radius 2 is 1.97 bits per heavy atom. The zero-order valence-electron chi connectivity index (χ0n) is 18.2. The maximum atomic E-state index is 6.16. The van der Waals surface area contributed by atoms with Crippen LogP contribution in [0.3, 0.4) is 0 Å². The van der Waals surface area contributed by atoms with Gasteiger partial charge in [-0.2, -0.15) is 0 Å². The van der Waals surface area contributed by atoms with Gasteiger partial charge in [-0.3, -0.25) is 9.98 Å². The van der Waals surface area contributed by atoms with Crippen LogP contribution in [0, 0.1) is 12.8 Å². The largest absolute Gasteiger partial charge is 0.493 e. The van der Waals surface area contributed by atoms with Gasteiger partial charge in [0.2, 0.25) is 0 Å². The number of hydrogen-bond donors (Lipinski definition) is 2. The first kappa shape index (κ1) is 21.1. The minimum absolute atomic E-state index is 0.478. The minimum Gasteiger partial charge on any atom is -0.493 e. The van der Waals surface area contributed by atoms with E-state index in [4.69, 9.17) is 9.47 Å². The molecule has 4 rings (SSSR count). The van der Waals surface area contributed by atoms with Crippen molar-refractivity contribution in [3.63, 3.8) is 0 Å². The Bertz CT molecular complexity index is 1040. The van der Waals surface area contributed by atoms with E-state index in [-0.39, 0.29) is 0 Å². The lowest BCUT2D eigenvalue weighted by Gasteiger charge is -2.17. The summed E-state index contributed by atoms with van der Waals surface area (Å²) in [4.78, 5) is 8.81. The van der Waals surface area contributed by atoms with Gasteiger partial charge in [0.15, 0.2) is 5.96 Å². The van der Waals surface area contributed by atoms with Crippen LogP contribution < -0.4 is 15.4 Å². The predicted octanol–water partition coefficient (Wildman–Crippen LogP) is 3.82. The van der Waals surface area contributed by atoms with Crippen molar-refractivity contribution in [2.45, 2.75) is 26.4 Å². The molecule has 1 unspecified atom stereocenters. The summed E-state index contributed by atoms with van der Waals surface area (Å²) in [5, 5.41) is 7.97. The summed E-state index contributed by atoms with van der Waals surface area (Å²) in [6.07, 6.45) is 2.92. The molecule has 6 nitrogen and oxygen atoms in total. The highest BCUT2D eigenvalue weighted by atomic mass is 16.5. The number of ether oxygens (including phenoxy) is 2. The highest BCUT2D eigenvalue weighted by Crippen LogP contribution is 2.23. The maximum Gasteiger partial charge on any atom is 0.191 e. The number of aryl methyl sites for hydroxylation is 1. The molecule has 2 heterocycles. The third kappa shape index (κ3) is 5.52. The SMILES string of the molecule is CN=C(NCc1ccc(C)cc1OCC1CCOC1)NCc1ccnc2ccccc12. The molecule has 2 N–H and O–H groups in total. The van der Waals surface area contributed by atoms with Gasteiger partial charge >= 0.3 is 0 Å². The van der Waals surface area contributed by atoms with Crippen molar-refractivity contribution < 1.29 is 9.47 Å². The topological polar surface area (TPSA) is 67.8 Å². The van der Waals surface area contributed by atoms with E-state index in [0.29, 0.717) is 25.6 Å². The van der Waals surface area contributed by atoms with Gasteiger partial charge in [0.1, 0.15) is 5.75 Å². The fraction of sp³-hybridized carbons (Fsp3) is 0.360. The molecule has 0 amide bonds. The van der Waals surface area contributed by atoms with Crippen molar-refractivity contribution in [1.29, 1.82) is 0 Å². The van der Waals surface area contributed by atoms with Gasteiger partial charge in [-0.1, -0.05) is 30.3 Å². The number of fused-ring (bicyclic) bond motifs is 1. The Kier molecular flexibility index (Phi) is 6.99. The third-order valence-electron chi connectivity index (χ3n) is 5.58. The van der Waals surface area contributed by atoms with Crippen molar-refractivity contribution in [3.05, 3.63) is 71.4 Å². The van der Waals surface area contributed by atoms with Crippen molar-refractivity contribution in [3.8, 4) is 5.75 Å². The number of guanidine groups is 1. The number of hydrogen-bond acceptors (Lipinski definition) is 4. The first-order chi connectivity index (χ1) is 15.2. The summed E-state index contributed by atoms with van der Waals surface area (Å²) >= 11 is 0. The Morgan fingerprint density at radius 1 is 1.13 bits per heavy atom. The second kappa shape index (κ2) is 10.3. The number of para-hydroxylation sites is 1. The Hall–Kier alpha value is -3.12. The molecule has 6 heteroatoms. The number of pyridine rings is 1. The minimum atomic E-state index is 0.478. The molecule has 1 aromatic heterocycles. The molecule has 2 aromatic carbocycles. The monoisotopic (exact) mass is 418 g/mol. The van der Waals surface area contributed by atoms with E-state index in [0.717, 1.165) is 47.8 Å². The number of benzene rings is 2. The van der Waals surface area contributed by atoms with E-state index >= 15 is 0 Å². The lowest BCUT2D eigenvalue weighted by atomic mass is 10.1. The van der Waals surface area contributed by atoms with Gasteiger partial charge in [-0.25, -0.2) is 0 Å². The Balaban J connectivity index is 1.37. The smallest absolute Gasteiger partial charge is 0.191 e. The van der Waals surface area contributed by atoms with Gasteiger partial charge in [0.25, 0.3) is 0 Å². The first-order valence-electron chi connectivity index (χ1n) is 10.8. The molecule has 1 atom stereocenters. The zero-order valence-corrected chi connectivity index (χ0v) is 18.2. The fourth-order valence-electron chi connectivity index (χ4n) is 3.75. The van der Waals surface area contributed by atoms with Gasteiger partial charge in [0, 0.05) is 49.8 Å². The quantitative estimate of drug-likeness (QED) is 0.451. The van der Waals surface area contributed by atoms with Gasteiger partial charge < -0.3 is 20.1 Å². The molecule has 3 aromatic rings. The highest BCUT2D eigenvalue weighted by molar-refractivity contribution is 5.83. The van der Waals surface area contributed by atoms with E-state index in [1.54, 1.807) is 7.05 Å². The number of rotatable bonds is 7. The summed E-state index contributed by atoms with van der Waals surface area (Å²) in [7, 11) is 1.78. The average Bonchev–Trinajstić information content (AvgIpc) is 3.32. The predicted molar refractivity (Wildman–Crippen MR) is 124 cm³/mol. The molecule has 1 aliphatic heterocycles. The van der Waals surface area contributed by atoms with Crippen molar-refractivity contribution >= 4 is 16.9 Å². The van der Waals surface area contributed by atoms with E-state index < -0.39 is 0 Å². The molecule has 31 heavy (non-hydrogen) atoms. The van der Waals surface area contributed by atoms with Gasteiger partial charge in [-0.15, -0.1) is 0 Å². The van der Waals surface area contributed by atoms with Crippen molar-refractivity contribution in [2.75, 3.05) is 26.9 Å². The summed E-state index contributed by atoms with van der Waals surface area (Å²) in [6, 6.07) is 16.6. The van der Waals surface area contributed by atoms with Crippen LogP contribution in [0.5, 0.6) is 5.75 Å². The molecule has 0 aliphatic carbocycles. The van der Waals surface area contributed by atoms with Crippen LogP contribution in [0.25, 0.3) is 10.9 Å². The maximum absolute atomic E-state index is 6.16. The molecular formula is C25H30N4O2. The van der Waals surface area contributed by atoms with Crippen LogP contribution in [0.2, 0.25) is 0 Å². The van der Waals surface area contributed by atoms with Crippen LogP contribution in [-0.4, -0.2) is 37.8 Å². The van der Waals surface area contributed by atoms with E-state index in [2.05, 4.69) is 51.8 Å². The summed E-state index contributed by atoms with van der Waals surface area (Å²) in [5.41, 5.74) is 4.49. The number of nitrogens with zero attached hydrogens (tertiary/aromatic N) is 2. The second-order valence-corrected chi connectivity index (χ2v) is 7.92. The van der Waals surface area contributed by atoms with Crippen LogP contribution in [0.1, 0.15) is 23.1 Å². The molecule has 0 radical (unpaired) electrons. The summed E-state index contributed by atoms with van der Waals surface area (Å²) in [5.74, 6) is 2.15. The number of aromatic nitrogens is 1. The lowest BCUT2D eigenvalue weighted by molar-refractivity contribution is 0.166. The van der Waals surface area contributed by atoms with E-state index in [9.17, 15) is 0 Å². The Morgan fingerprint density at radius 3 is 2.77 bits per heavy atom. The summed E-state index contributed by atoms with van der Waals surface area (Å²) in [6.45, 7) is 5.71. The molecule has 0 spiro atoms. The molecule has 0 saturated carbocycles. The number of aliphatic imine (C=N–C) groups is 1. The van der Waals surface area contributed by atoms with Gasteiger partial charge in [0.05, 0.1) is 18.7 Å². The second-order valence-electron chi connectivity index (χ2n) is 7.92. The van der Waals surface area contributed by atoms with Crippen LogP contribution in [0.15, 0.2) is 59.7 Å².